The maximum absolute atomic E-state index is 13.6. The standard InChI is InChI=1S/C22H21ClF4N6O/c1-32-21(34-15-4-5-17(24)16(9-15)22(25,26)27)30-20(31-32)29-19-12-2-3-13(19)11-33(10-12)14-6-7-28-18(23)8-14/h4-9,12-13,19H,2-3,10-11H2,1H3,(H,29,31)/t12-,13+,19-. The maximum Gasteiger partial charge on any atom is 0.419 e. The molecule has 1 N–H and O–H groups in total. The smallest absolute Gasteiger partial charge is 0.419 e. The molecule has 3 aromatic rings. The van der Waals surface area contributed by atoms with Gasteiger partial charge in [0.25, 0.3) is 0 Å². The highest BCUT2D eigenvalue weighted by Gasteiger charge is 2.42. The third kappa shape index (κ3) is 4.48. The number of aryl methyl sites for hydroxylation is 1. The molecule has 34 heavy (non-hydrogen) atoms. The molecule has 2 aliphatic rings. The van der Waals surface area contributed by atoms with Crippen LogP contribution in [0.4, 0.5) is 29.2 Å². The zero-order valence-corrected chi connectivity index (χ0v) is 18.8. The topological polar surface area (TPSA) is 68.1 Å². The summed E-state index contributed by atoms with van der Waals surface area (Å²) in [7, 11) is 1.58. The second kappa shape index (κ2) is 8.61. The molecule has 0 unspecified atom stereocenters. The monoisotopic (exact) mass is 496 g/mol. The predicted molar refractivity (Wildman–Crippen MR) is 118 cm³/mol. The van der Waals surface area contributed by atoms with Crippen LogP contribution in [0.15, 0.2) is 36.5 Å². The van der Waals surface area contributed by atoms with Crippen molar-refractivity contribution in [1.29, 1.82) is 0 Å². The van der Waals surface area contributed by atoms with Crippen molar-refractivity contribution in [3.05, 3.63) is 53.1 Å². The molecule has 1 aliphatic heterocycles. The third-order valence-corrected chi connectivity index (χ3v) is 6.59. The molecule has 0 spiro atoms. The molecule has 0 amide bonds. The van der Waals surface area contributed by atoms with E-state index in [1.807, 2.05) is 12.1 Å². The fraction of sp³-hybridized carbons (Fsp3) is 0.409. The fourth-order valence-corrected chi connectivity index (χ4v) is 4.99. The number of fused-ring (bicyclic) bond motifs is 2. The van der Waals surface area contributed by atoms with Gasteiger partial charge in [0.1, 0.15) is 16.7 Å². The molecule has 5 rings (SSSR count). The summed E-state index contributed by atoms with van der Waals surface area (Å²) in [6.07, 6.45) is -1.01. The second-order valence-corrected chi connectivity index (χ2v) is 8.98. The summed E-state index contributed by atoms with van der Waals surface area (Å²) in [5.41, 5.74) is -0.358. The van der Waals surface area contributed by atoms with Gasteiger partial charge < -0.3 is 15.0 Å². The number of hydrogen-bond donors (Lipinski definition) is 1. The summed E-state index contributed by atoms with van der Waals surface area (Å²) in [5, 5.41) is 8.16. The molecule has 1 saturated heterocycles. The Morgan fingerprint density at radius 1 is 1.12 bits per heavy atom. The Kier molecular flexibility index (Phi) is 5.75. The molecular formula is C22H21ClF4N6O. The molecule has 1 saturated carbocycles. The largest absolute Gasteiger partial charge is 0.424 e. The number of benzene rings is 1. The molecule has 2 fully saturated rings. The number of aromatic nitrogens is 4. The Labute approximate surface area is 197 Å². The summed E-state index contributed by atoms with van der Waals surface area (Å²) >= 11 is 6.05. The van der Waals surface area contributed by atoms with Crippen molar-refractivity contribution in [1.82, 2.24) is 19.7 Å². The molecule has 1 aliphatic carbocycles. The molecule has 180 valence electrons. The first kappa shape index (κ1) is 22.7. The lowest BCUT2D eigenvalue weighted by atomic mass is 9.92. The van der Waals surface area contributed by atoms with Crippen LogP contribution in [0.25, 0.3) is 0 Å². The normalized spacial score (nSPS) is 22.2. The number of anilines is 2. The van der Waals surface area contributed by atoms with Gasteiger partial charge in [0.15, 0.2) is 0 Å². The highest BCUT2D eigenvalue weighted by Crippen LogP contribution is 2.40. The predicted octanol–water partition coefficient (Wildman–Crippen LogP) is 5.14. The zero-order chi connectivity index (χ0) is 24.0. The number of rotatable bonds is 5. The van der Waals surface area contributed by atoms with Crippen LogP contribution in [0.2, 0.25) is 5.15 Å². The van der Waals surface area contributed by atoms with Crippen LogP contribution in [-0.2, 0) is 13.2 Å². The number of piperidine rings is 1. The maximum atomic E-state index is 13.6. The first-order valence-electron chi connectivity index (χ1n) is 10.8. The minimum Gasteiger partial charge on any atom is -0.424 e. The molecule has 12 heteroatoms. The van der Waals surface area contributed by atoms with Crippen molar-refractivity contribution in [2.24, 2.45) is 18.9 Å². The van der Waals surface area contributed by atoms with E-state index in [2.05, 4.69) is 25.3 Å². The zero-order valence-electron chi connectivity index (χ0n) is 18.1. The van der Waals surface area contributed by atoms with Gasteiger partial charge in [0.2, 0.25) is 5.95 Å². The van der Waals surface area contributed by atoms with Gasteiger partial charge in [-0.15, -0.1) is 5.10 Å². The average molecular weight is 497 g/mol. The number of ether oxygens (including phenoxy) is 1. The van der Waals surface area contributed by atoms with Crippen molar-refractivity contribution in [3.8, 4) is 11.8 Å². The van der Waals surface area contributed by atoms with Crippen LogP contribution in [0.5, 0.6) is 11.8 Å². The van der Waals surface area contributed by atoms with E-state index >= 15 is 0 Å². The van der Waals surface area contributed by atoms with Crippen LogP contribution >= 0.6 is 11.6 Å². The quantitative estimate of drug-likeness (QED) is 0.390. The van der Waals surface area contributed by atoms with Crippen LogP contribution in [0, 0.1) is 17.7 Å². The Hall–Kier alpha value is -3.08. The number of pyridine rings is 1. The van der Waals surface area contributed by atoms with Crippen LogP contribution in [0.3, 0.4) is 0 Å². The van der Waals surface area contributed by atoms with E-state index in [4.69, 9.17) is 16.3 Å². The highest BCUT2D eigenvalue weighted by atomic mass is 35.5. The van der Waals surface area contributed by atoms with E-state index in [1.165, 1.54) is 4.68 Å². The summed E-state index contributed by atoms with van der Waals surface area (Å²) in [4.78, 5) is 10.7. The summed E-state index contributed by atoms with van der Waals surface area (Å²) in [6, 6.07) is 6.41. The minimum absolute atomic E-state index is 0.00144. The summed E-state index contributed by atoms with van der Waals surface area (Å²) in [6.45, 7) is 1.70. The van der Waals surface area contributed by atoms with Crippen molar-refractivity contribution in [3.63, 3.8) is 0 Å². The lowest BCUT2D eigenvalue weighted by Gasteiger charge is -2.39. The number of halogens is 5. The lowest BCUT2D eigenvalue weighted by molar-refractivity contribution is -0.140. The van der Waals surface area contributed by atoms with Gasteiger partial charge in [0.05, 0.1) is 5.56 Å². The minimum atomic E-state index is -4.83. The first-order chi connectivity index (χ1) is 16.2. The molecule has 1 aromatic carbocycles. The van der Waals surface area contributed by atoms with Crippen LogP contribution in [-0.4, -0.2) is 38.9 Å². The van der Waals surface area contributed by atoms with Crippen LogP contribution < -0.4 is 15.0 Å². The fourth-order valence-electron chi connectivity index (χ4n) is 4.82. The Bertz CT molecular complexity index is 1190. The average Bonchev–Trinajstić information content (AvgIpc) is 3.21. The Morgan fingerprint density at radius 3 is 2.53 bits per heavy atom. The molecule has 7 nitrogen and oxygen atoms in total. The second-order valence-electron chi connectivity index (χ2n) is 8.59. The van der Waals surface area contributed by atoms with Gasteiger partial charge >= 0.3 is 12.2 Å². The van der Waals surface area contributed by atoms with E-state index in [0.29, 0.717) is 29.0 Å². The van der Waals surface area contributed by atoms with Crippen LogP contribution in [0.1, 0.15) is 18.4 Å². The third-order valence-electron chi connectivity index (χ3n) is 6.38. The summed E-state index contributed by atoms with van der Waals surface area (Å²) in [5.74, 6) is -0.482. The van der Waals surface area contributed by atoms with E-state index < -0.39 is 17.6 Å². The van der Waals surface area contributed by atoms with Crippen molar-refractivity contribution >= 4 is 23.2 Å². The van der Waals surface area contributed by atoms with E-state index in [-0.39, 0.29) is 17.8 Å². The van der Waals surface area contributed by atoms with Crippen molar-refractivity contribution < 1.29 is 22.3 Å². The van der Waals surface area contributed by atoms with Gasteiger partial charge in [0, 0.05) is 38.1 Å². The first-order valence-corrected chi connectivity index (χ1v) is 11.1. The van der Waals surface area contributed by atoms with E-state index in [0.717, 1.165) is 43.8 Å². The SMILES string of the molecule is Cn1nc(N[C@@H]2[C@@H]3CC[C@H]2CN(c2ccnc(Cl)c2)C3)nc1Oc1ccc(F)c(C(F)(F)F)c1. The van der Waals surface area contributed by atoms with E-state index in [9.17, 15) is 17.6 Å². The molecule has 3 heterocycles. The Morgan fingerprint density at radius 2 is 1.85 bits per heavy atom. The summed E-state index contributed by atoms with van der Waals surface area (Å²) < 4.78 is 59.3. The van der Waals surface area contributed by atoms with Gasteiger partial charge in [-0.05, 0) is 55.0 Å². The van der Waals surface area contributed by atoms with Gasteiger partial charge in [-0.1, -0.05) is 11.6 Å². The van der Waals surface area contributed by atoms with Crippen molar-refractivity contribution in [2.75, 3.05) is 23.3 Å². The molecule has 0 radical (unpaired) electrons. The number of alkyl halides is 3. The van der Waals surface area contributed by atoms with Gasteiger partial charge in [-0.25, -0.2) is 14.1 Å². The lowest BCUT2D eigenvalue weighted by Crippen LogP contribution is -2.48. The molecule has 2 bridgehead atoms. The number of nitrogens with zero attached hydrogens (tertiary/aromatic N) is 5. The van der Waals surface area contributed by atoms with Crippen molar-refractivity contribution in [2.45, 2.75) is 25.1 Å². The number of hydrogen-bond acceptors (Lipinski definition) is 6. The van der Waals surface area contributed by atoms with Gasteiger partial charge in [-0.2, -0.15) is 18.2 Å². The molecule has 3 atom stereocenters. The van der Waals surface area contributed by atoms with Gasteiger partial charge in [-0.3, -0.25) is 0 Å². The number of nitrogens with one attached hydrogen (secondary N) is 1. The highest BCUT2D eigenvalue weighted by molar-refractivity contribution is 6.29. The molecule has 2 aromatic heterocycles. The molecular weight excluding hydrogens is 476 g/mol. The Balaban J connectivity index is 1.28. The van der Waals surface area contributed by atoms with E-state index in [1.54, 1.807) is 13.2 Å².